The molecule has 0 atom stereocenters. The van der Waals surface area contributed by atoms with Gasteiger partial charge >= 0.3 is 0 Å². The highest BCUT2D eigenvalue weighted by atomic mass is 32.1. The van der Waals surface area contributed by atoms with Crippen molar-refractivity contribution in [2.75, 3.05) is 17.7 Å². The van der Waals surface area contributed by atoms with Gasteiger partial charge in [0.1, 0.15) is 0 Å². The molecule has 0 aliphatic heterocycles. The Morgan fingerprint density at radius 2 is 1.69 bits per heavy atom. The second kappa shape index (κ2) is 11.4. The summed E-state index contributed by atoms with van der Waals surface area (Å²) in [5.74, 6) is 1.42. The summed E-state index contributed by atoms with van der Waals surface area (Å²) < 4.78 is 0. The van der Waals surface area contributed by atoms with Gasteiger partial charge in [0.05, 0.1) is 28.7 Å². The Balaban J connectivity index is 1.20. The number of anilines is 3. The number of hydrogen-bond acceptors (Lipinski definition) is 9. The lowest BCUT2D eigenvalue weighted by Gasteiger charge is -2.30. The van der Waals surface area contributed by atoms with Gasteiger partial charge in [-0.25, -0.2) is 19.9 Å². The molecule has 186 valence electrons. The van der Waals surface area contributed by atoms with Crippen LogP contribution in [0.4, 0.5) is 16.9 Å². The zero-order chi connectivity index (χ0) is 24.0. The molecule has 0 unspecified atom stereocenters. The summed E-state index contributed by atoms with van der Waals surface area (Å²) in [4.78, 5) is 26.6. The normalized spacial score (nSPS) is 17.6. The summed E-state index contributed by atoms with van der Waals surface area (Å²) in [5, 5.41) is 7.61. The van der Waals surface area contributed by atoms with Gasteiger partial charge in [0.25, 0.3) is 0 Å². The minimum Gasteiger partial charge on any atom is -0.351 e. The second-order valence-electron chi connectivity index (χ2n) is 9.95. The summed E-state index contributed by atoms with van der Waals surface area (Å²) >= 11 is 1.56. The first-order valence-electron chi connectivity index (χ1n) is 13.0. The van der Waals surface area contributed by atoms with Crippen LogP contribution in [0, 0.1) is 6.92 Å². The monoisotopic (exact) mass is 492 g/mol. The maximum Gasteiger partial charge on any atom is 0.223 e. The van der Waals surface area contributed by atoms with Crippen LogP contribution < -0.4 is 10.6 Å². The molecule has 2 aliphatic carbocycles. The van der Waals surface area contributed by atoms with E-state index in [9.17, 15) is 0 Å². The molecule has 2 aliphatic rings. The summed E-state index contributed by atoms with van der Waals surface area (Å²) in [6, 6.07) is 3.16. The van der Waals surface area contributed by atoms with Crippen LogP contribution in [0.25, 0.3) is 10.6 Å². The van der Waals surface area contributed by atoms with E-state index < -0.39 is 0 Å². The summed E-state index contributed by atoms with van der Waals surface area (Å²) in [5.41, 5.74) is 2.85. The fraction of sp³-hybridized carbons (Fsp3) is 0.577. The Kier molecular flexibility index (Phi) is 7.83. The molecule has 2 N–H and O–H groups in total. The molecule has 0 spiro atoms. The lowest BCUT2D eigenvalue weighted by atomic mass is 9.94. The van der Waals surface area contributed by atoms with Gasteiger partial charge in [0.15, 0.2) is 10.9 Å². The number of thiazole rings is 1. The van der Waals surface area contributed by atoms with Crippen LogP contribution in [0.2, 0.25) is 0 Å². The van der Waals surface area contributed by atoms with Crippen LogP contribution >= 0.6 is 11.3 Å². The predicted octanol–water partition coefficient (Wildman–Crippen LogP) is 5.95. The Morgan fingerprint density at radius 1 is 0.914 bits per heavy atom. The zero-order valence-electron chi connectivity index (χ0n) is 20.8. The van der Waals surface area contributed by atoms with Crippen molar-refractivity contribution in [3.63, 3.8) is 0 Å². The van der Waals surface area contributed by atoms with E-state index in [-0.39, 0.29) is 0 Å². The average Bonchev–Trinajstić information content (AvgIpc) is 3.35. The molecule has 3 heterocycles. The maximum absolute atomic E-state index is 4.78. The molecule has 0 saturated heterocycles. The van der Waals surface area contributed by atoms with Gasteiger partial charge in [-0.1, -0.05) is 49.9 Å². The molecule has 8 nitrogen and oxygen atoms in total. The van der Waals surface area contributed by atoms with E-state index in [4.69, 9.17) is 4.98 Å². The molecule has 0 radical (unpaired) electrons. The highest BCUT2D eigenvalue weighted by Crippen LogP contribution is 2.30. The highest BCUT2D eigenvalue weighted by molar-refractivity contribution is 7.18. The predicted molar refractivity (Wildman–Crippen MR) is 142 cm³/mol. The van der Waals surface area contributed by atoms with E-state index in [1.807, 2.05) is 25.4 Å². The van der Waals surface area contributed by atoms with Crippen molar-refractivity contribution in [1.29, 1.82) is 0 Å². The molecule has 5 rings (SSSR count). The van der Waals surface area contributed by atoms with Crippen LogP contribution in [-0.4, -0.2) is 49.0 Å². The molecule has 0 amide bonds. The highest BCUT2D eigenvalue weighted by Gasteiger charge is 2.19. The van der Waals surface area contributed by atoms with Crippen molar-refractivity contribution < 1.29 is 0 Å². The number of nitrogens with zero attached hydrogens (tertiary/aromatic N) is 6. The number of nitrogens with one attached hydrogen (secondary N) is 2. The van der Waals surface area contributed by atoms with Crippen molar-refractivity contribution in [2.24, 2.45) is 0 Å². The van der Waals surface area contributed by atoms with E-state index in [0.717, 1.165) is 39.6 Å². The fourth-order valence-corrected chi connectivity index (χ4v) is 5.94. The molecule has 3 aromatic heterocycles. The summed E-state index contributed by atoms with van der Waals surface area (Å²) in [6.45, 7) is 2.85. The van der Waals surface area contributed by atoms with Gasteiger partial charge in [-0.2, -0.15) is 0 Å². The number of hydrogen-bond donors (Lipinski definition) is 2. The molecule has 0 bridgehead atoms. The van der Waals surface area contributed by atoms with Gasteiger partial charge in [0, 0.05) is 30.5 Å². The second-order valence-corrected chi connectivity index (χ2v) is 11.0. The smallest absolute Gasteiger partial charge is 0.223 e. The minimum atomic E-state index is 0.473. The zero-order valence-corrected chi connectivity index (χ0v) is 21.7. The Bertz CT molecular complexity index is 1090. The van der Waals surface area contributed by atoms with Gasteiger partial charge in [-0.15, -0.1) is 0 Å². The van der Waals surface area contributed by atoms with Crippen LogP contribution in [0.5, 0.6) is 0 Å². The molecular formula is C26H36N8S. The first-order chi connectivity index (χ1) is 17.1. The average molecular weight is 493 g/mol. The molecule has 2 fully saturated rings. The van der Waals surface area contributed by atoms with Crippen molar-refractivity contribution in [1.82, 2.24) is 29.8 Å². The fourth-order valence-electron chi connectivity index (χ4n) is 5.16. The molecule has 9 heteroatoms. The van der Waals surface area contributed by atoms with Crippen LogP contribution in [-0.2, 0) is 6.54 Å². The third kappa shape index (κ3) is 6.52. The largest absolute Gasteiger partial charge is 0.351 e. The topological polar surface area (TPSA) is 91.8 Å². The van der Waals surface area contributed by atoms with Crippen LogP contribution in [0.3, 0.4) is 0 Å². The third-order valence-electron chi connectivity index (χ3n) is 7.10. The molecule has 3 aromatic rings. The summed E-state index contributed by atoms with van der Waals surface area (Å²) in [6.07, 6.45) is 18.4. The SMILES string of the molecule is Cc1cc(-c2cnc(Nc3cnc(CN(C)C4CCCCC4)cn3)s2)nc(NC2CCCCC2)n1. The molecule has 0 aromatic carbocycles. The van der Waals surface area contributed by atoms with Crippen LogP contribution in [0.1, 0.15) is 75.6 Å². The maximum atomic E-state index is 4.78. The Labute approximate surface area is 212 Å². The van der Waals surface area contributed by atoms with E-state index >= 15 is 0 Å². The number of aromatic nitrogens is 5. The Hall–Kier alpha value is -2.65. The van der Waals surface area contributed by atoms with Crippen molar-refractivity contribution >= 4 is 28.2 Å². The number of rotatable bonds is 8. The van der Waals surface area contributed by atoms with Gasteiger partial charge in [-0.05, 0) is 45.7 Å². The number of aryl methyl sites for hydroxylation is 1. The Morgan fingerprint density at radius 3 is 2.43 bits per heavy atom. The van der Waals surface area contributed by atoms with E-state index in [1.165, 1.54) is 64.2 Å². The van der Waals surface area contributed by atoms with E-state index in [0.29, 0.717) is 17.9 Å². The van der Waals surface area contributed by atoms with Crippen molar-refractivity contribution in [2.45, 2.75) is 89.8 Å². The van der Waals surface area contributed by atoms with Crippen molar-refractivity contribution in [3.8, 4) is 10.6 Å². The molecule has 35 heavy (non-hydrogen) atoms. The van der Waals surface area contributed by atoms with Crippen molar-refractivity contribution in [3.05, 3.63) is 36.0 Å². The van der Waals surface area contributed by atoms with E-state index in [1.54, 1.807) is 17.5 Å². The van der Waals surface area contributed by atoms with Gasteiger partial charge in [-0.3, -0.25) is 9.88 Å². The third-order valence-corrected chi connectivity index (χ3v) is 8.04. The van der Waals surface area contributed by atoms with Gasteiger partial charge in [0.2, 0.25) is 5.95 Å². The quantitative estimate of drug-likeness (QED) is 0.398. The molecule has 2 saturated carbocycles. The first-order valence-corrected chi connectivity index (χ1v) is 13.8. The lowest BCUT2D eigenvalue weighted by molar-refractivity contribution is 0.182. The van der Waals surface area contributed by atoms with E-state index in [2.05, 4.69) is 42.5 Å². The molecular weight excluding hydrogens is 456 g/mol. The first kappa shape index (κ1) is 24.1. The summed E-state index contributed by atoms with van der Waals surface area (Å²) in [7, 11) is 2.20. The lowest BCUT2D eigenvalue weighted by Crippen LogP contribution is -2.33. The minimum absolute atomic E-state index is 0.473. The van der Waals surface area contributed by atoms with Crippen LogP contribution in [0.15, 0.2) is 24.7 Å². The standard InChI is InChI=1S/C26H36N8S/c1-18-13-22(32-25(30-18)31-19-9-5-3-6-10-19)23-15-29-26(35-23)33-24-16-27-20(14-28-24)17-34(2)21-11-7-4-8-12-21/h13-16,19,21H,3-12,17H2,1-2H3,(H,28,29,33)(H,30,31,32). The van der Waals surface area contributed by atoms with Gasteiger partial charge < -0.3 is 10.6 Å².